The Morgan fingerprint density at radius 2 is 2.42 bits per heavy atom. The molecule has 12 heavy (non-hydrogen) atoms. The van der Waals surface area contributed by atoms with Gasteiger partial charge in [0.25, 0.3) is 0 Å². The van der Waals surface area contributed by atoms with Gasteiger partial charge in [0.15, 0.2) is 0 Å². The molecule has 0 bridgehead atoms. The van der Waals surface area contributed by atoms with E-state index in [-0.39, 0.29) is 0 Å². The summed E-state index contributed by atoms with van der Waals surface area (Å²) in [6.45, 7) is 2.05. The summed E-state index contributed by atoms with van der Waals surface area (Å²) >= 11 is 2.44. The van der Waals surface area contributed by atoms with Crippen LogP contribution in [0.2, 0.25) is 0 Å². The average molecular weight is 274 g/mol. The highest BCUT2D eigenvalue weighted by Gasteiger charge is 2.16. The third-order valence-electron chi connectivity index (χ3n) is 2.29. The van der Waals surface area contributed by atoms with E-state index in [1.165, 1.54) is 11.4 Å². The predicted molar refractivity (Wildman–Crippen MR) is 58.5 cm³/mol. The van der Waals surface area contributed by atoms with E-state index in [0.29, 0.717) is 3.92 Å². The maximum absolute atomic E-state index is 4.51. The number of fused-ring (bicyclic) bond motifs is 1. The Labute approximate surface area is 85.8 Å². The Morgan fingerprint density at radius 3 is 3.17 bits per heavy atom. The topological polar surface area (TPSA) is 17.8 Å². The number of aromatic nitrogens is 2. The number of rotatable bonds is 0. The molecule has 1 aliphatic rings. The number of hydrogen-bond donors (Lipinski definition) is 0. The molecule has 0 saturated carbocycles. The van der Waals surface area contributed by atoms with Gasteiger partial charge in [-0.25, -0.2) is 4.98 Å². The van der Waals surface area contributed by atoms with Gasteiger partial charge < -0.3 is 4.57 Å². The largest absolute Gasteiger partial charge is 0.332 e. The lowest BCUT2D eigenvalue weighted by Crippen LogP contribution is -2.06. The molecule has 1 aliphatic carbocycles. The molecule has 64 valence electrons. The lowest BCUT2D eigenvalue weighted by molar-refractivity contribution is 0.847. The van der Waals surface area contributed by atoms with Crippen LogP contribution in [0.25, 0.3) is 6.08 Å². The first kappa shape index (κ1) is 8.29. The molecule has 2 nitrogen and oxygen atoms in total. The van der Waals surface area contributed by atoms with E-state index < -0.39 is 0 Å². The quantitative estimate of drug-likeness (QED) is 0.523. The summed E-state index contributed by atoms with van der Waals surface area (Å²) in [5.41, 5.74) is 2.53. The van der Waals surface area contributed by atoms with E-state index in [1.807, 2.05) is 6.92 Å². The minimum atomic E-state index is 0.615. The molecule has 0 aliphatic heterocycles. The van der Waals surface area contributed by atoms with Gasteiger partial charge in [-0.1, -0.05) is 28.7 Å². The van der Waals surface area contributed by atoms with Gasteiger partial charge in [-0.2, -0.15) is 0 Å². The number of nitrogens with zero attached hydrogens (tertiary/aromatic N) is 2. The highest BCUT2D eigenvalue weighted by atomic mass is 127. The Balaban J connectivity index is 2.53. The summed E-state index contributed by atoms with van der Waals surface area (Å²) in [5, 5.41) is 0. The first-order valence-corrected chi connectivity index (χ1v) is 5.27. The van der Waals surface area contributed by atoms with E-state index in [1.54, 1.807) is 0 Å². The molecule has 0 N–H and O–H groups in total. The molecule has 1 heterocycles. The van der Waals surface area contributed by atoms with Gasteiger partial charge in [-0.3, -0.25) is 0 Å². The number of aryl methyl sites for hydroxylation is 1. The highest BCUT2D eigenvalue weighted by molar-refractivity contribution is 14.1. The summed E-state index contributed by atoms with van der Waals surface area (Å²) in [5.74, 6) is 1.11. The van der Waals surface area contributed by atoms with Crippen molar-refractivity contribution in [2.45, 2.75) is 17.3 Å². The molecule has 0 spiro atoms. The molecule has 0 saturated heterocycles. The molecule has 0 aromatic carbocycles. The number of allylic oxidation sites excluding steroid dienone is 1. The second-order valence-electron chi connectivity index (χ2n) is 3.13. The lowest BCUT2D eigenvalue weighted by Gasteiger charge is -2.09. The standard InChI is InChI=1S/C9H11IN2/c1-6-11-8-5-7(10)3-4-9(8)12(6)2/h3-4,7H,5H2,1-2H3. The molecule has 1 aromatic heterocycles. The van der Waals surface area contributed by atoms with Crippen molar-refractivity contribution in [1.29, 1.82) is 0 Å². The third kappa shape index (κ3) is 1.20. The van der Waals surface area contributed by atoms with Crippen LogP contribution in [0.4, 0.5) is 0 Å². The van der Waals surface area contributed by atoms with Crippen molar-refractivity contribution < 1.29 is 0 Å². The van der Waals surface area contributed by atoms with Gasteiger partial charge >= 0.3 is 0 Å². The van der Waals surface area contributed by atoms with Crippen LogP contribution in [0.1, 0.15) is 17.2 Å². The van der Waals surface area contributed by atoms with Crippen molar-refractivity contribution in [3.05, 3.63) is 23.3 Å². The van der Waals surface area contributed by atoms with E-state index in [0.717, 1.165) is 12.2 Å². The molecule has 0 amide bonds. The van der Waals surface area contributed by atoms with Gasteiger partial charge in [0.1, 0.15) is 5.82 Å². The third-order valence-corrected chi connectivity index (χ3v) is 3.15. The van der Waals surface area contributed by atoms with Crippen LogP contribution in [-0.4, -0.2) is 13.5 Å². The summed E-state index contributed by atoms with van der Waals surface area (Å²) < 4.78 is 2.76. The van der Waals surface area contributed by atoms with Crippen LogP contribution in [0, 0.1) is 6.92 Å². The molecule has 1 atom stereocenters. The van der Waals surface area contributed by atoms with Crippen LogP contribution in [0.15, 0.2) is 6.08 Å². The van der Waals surface area contributed by atoms with Gasteiger partial charge in [0.05, 0.1) is 11.4 Å². The van der Waals surface area contributed by atoms with E-state index in [9.17, 15) is 0 Å². The van der Waals surface area contributed by atoms with Crippen LogP contribution in [-0.2, 0) is 13.5 Å². The summed E-state index contributed by atoms with van der Waals surface area (Å²) in [6.07, 6.45) is 5.49. The second-order valence-corrected chi connectivity index (χ2v) is 4.73. The normalized spacial score (nSPS) is 21.1. The number of hydrogen-bond acceptors (Lipinski definition) is 1. The zero-order valence-corrected chi connectivity index (χ0v) is 9.37. The molecule has 1 aromatic rings. The molecule has 3 heteroatoms. The molecular formula is C9H11IN2. The zero-order chi connectivity index (χ0) is 8.72. The van der Waals surface area contributed by atoms with Gasteiger partial charge in [0, 0.05) is 17.4 Å². The lowest BCUT2D eigenvalue weighted by atomic mass is 10.1. The van der Waals surface area contributed by atoms with Crippen LogP contribution in [0.5, 0.6) is 0 Å². The summed E-state index contributed by atoms with van der Waals surface area (Å²) in [7, 11) is 2.07. The van der Waals surface area contributed by atoms with Crippen LogP contribution >= 0.6 is 22.6 Å². The number of imidazole rings is 1. The first-order valence-electron chi connectivity index (χ1n) is 4.03. The minimum Gasteiger partial charge on any atom is -0.332 e. The molecular weight excluding hydrogens is 263 g/mol. The van der Waals surface area contributed by atoms with Crippen molar-refractivity contribution >= 4 is 28.7 Å². The monoisotopic (exact) mass is 274 g/mol. The predicted octanol–water partition coefficient (Wildman–Crippen LogP) is 2.10. The Morgan fingerprint density at radius 1 is 1.67 bits per heavy atom. The molecule has 0 fully saturated rings. The summed E-state index contributed by atoms with van der Waals surface area (Å²) in [6, 6.07) is 0. The maximum Gasteiger partial charge on any atom is 0.106 e. The van der Waals surface area contributed by atoms with E-state index in [2.05, 4.69) is 51.3 Å². The maximum atomic E-state index is 4.51. The SMILES string of the molecule is Cc1nc2c(n1C)C=CC(I)C2. The number of alkyl halides is 1. The van der Waals surface area contributed by atoms with Gasteiger partial charge in [-0.15, -0.1) is 0 Å². The van der Waals surface area contributed by atoms with Crippen molar-refractivity contribution in [3.8, 4) is 0 Å². The fourth-order valence-electron chi connectivity index (χ4n) is 1.50. The fraction of sp³-hybridized carbons (Fsp3) is 0.444. The molecule has 0 radical (unpaired) electrons. The Hall–Kier alpha value is -0.320. The van der Waals surface area contributed by atoms with Crippen molar-refractivity contribution in [2.75, 3.05) is 0 Å². The average Bonchev–Trinajstić information content (AvgIpc) is 2.28. The summed E-state index contributed by atoms with van der Waals surface area (Å²) in [4.78, 5) is 4.51. The highest BCUT2D eigenvalue weighted by Crippen LogP contribution is 2.22. The van der Waals surface area contributed by atoms with Crippen LogP contribution < -0.4 is 0 Å². The zero-order valence-electron chi connectivity index (χ0n) is 7.21. The van der Waals surface area contributed by atoms with Crippen LogP contribution in [0.3, 0.4) is 0 Å². The van der Waals surface area contributed by atoms with E-state index in [4.69, 9.17) is 0 Å². The van der Waals surface area contributed by atoms with Crippen molar-refractivity contribution in [3.63, 3.8) is 0 Å². The molecule has 2 rings (SSSR count). The first-order chi connectivity index (χ1) is 5.68. The fourth-order valence-corrected chi connectivity index (χ4v) is 2.13. The molecule has 1 unspecified atom stereocenters. The van der Waals surface area contributed by atoms with Gasteiger partial charge in [0.2, 0.25) is 0 Å². The van der Waals surface area contributed by atoms with E-state index >= 15 is 0 Å². The van der Waals surface area contributed by atoms with Crippen molar-refractivity contribution in [1.82, 2.24) is 9.55 Å². The second kappa shape index (κ2) is 2.87. The smallest absolute Gasteiger partial charge is 0.106 e. The number of halogens is 1. The van der Waals surface area contributed by atoms with Gasteiger partial charge in [-0.05, 0) is 13.0 Å². The van der Waals surface area contributed by atoms with Crippen molar-refractivity contribution in [2.24, 2.45) is 7.05 Å². The Kier molecular flexibility index (Phi) is 1.98. The Bertz CT molecular complexity index is 339. The minimum absolute atomic E-state index is 0.615.